The van der Waals surface area contributed by atoms with E-state index in [2.05, 4.69) is 0 Å². The molecule has 1 N–H and O–H groups in total. The fraction of sp³-hybridized carbons (Fsp3) is 0.529. The summed E-state index contributed by atoms with van der Waals surface area (Å²) in [4.78, 5) is 24.5. The van der Waals surface area contributed by atoms with Crippen LogP contribution in [0.4, 0.5) is 0 Å². The largest absolute Gasteiger partial charge is 0.490 e. The van der Waals surface area contributed by atoms with Crippen LogP contribution in [0.5, 0.6) is 11.5 Å². The number of carbonyl (C=O) groups is 2. The van der Waals surface area contributed by atoms with Gasteiger partial charge in [0.05, 0.1) is 24.2 Å². The minimum atomic E-state index is -0.923. The number of amides is 1. The van der Waals surface area contributed by atoms with Gasteiger partial charge in [0.1, 0.15) is 0 Å². The molecule has 1 fully saturated rings. The Labute approximate surface area is 146 Å². The Morgan fingerprint density at radius 2 is 2.04 bits per heavy atom. The Bertz CT molecular complexity index is 619. The topological polar surface area (TPSA) is 76.1 Å². The predicted molar refractivity (Wildman–Crippen MR) is 89.8 cm³/mol. The molecule has 0 radical (unpaired) electrons. The predicted octanol–water partition coefficient (Wildman–Crippen LogP) is 2.61. The van der Waals surface area contributed by atoms with Crippen molar-refractivity contribution in [2.75, 3.05) is 26.3 Å². The minimum absolute atomic E-state index is 0.0730. The lowest BCUT2D eigenvalue weighted by atomic mass is 10.1. The van der Waals surface area contributed by atoms with E-state index in [9.17, 15) is 9.59 Å². The number of benzene rings is 1. The van der Waals surface area contributed by atoms with Gasteiger partial charge in [-0.3, -0.25) is 9.59 Å². The number of halogens is 1. The zero-order valence-electron chi connectivity index (χ0n) is 13.9. The summed E-state index contributed by atoms with van der Waals surface area (Å²) in [6.07, 6.45) is 0.647. The maximum Gasteiger partial charge on any atom is 0.308 e. The van der Waals surface area contributed by atoms with Crippen LogP contribution in [-0.4, -0.2) is 48.2 Å². The van der Waals surface area contributed by atoms with Gasteiger partial charge in [0.15, 0.2) is 11.5 Å². The molecule has 24 heavy (non-hydrogen) atoms. The second-order valence-electron chi connectivity index (χ2n) is 5.60. The molecule has 6 nitrogen and oxygen atoms in total. The number of rotatable bonds is 8. The lowest BCUT2D eigenvalue weighted by Gasteiger charge is -2.18. The van der Waals surface area contributed by atoms with Crippen molar-refractivity contribution in [1.82, 2.24) is 4.90 Å². The van der Waals surface area contributed by atoms with Crippen LogP contribution in [-0.2, 0) is 16.0 Å². The van der Waals surface area contributed by atoms with Crippen molar-refractivity contribution < 1.29 is 24.2 Å². The second kappa shape index (κ2) is 8.24. The van der Waals surface area contributed by atoms with Crippen LogP contribution in [0.2, 0.25) is 5.02 Å². The number of hydrogen-bond acceptors (Lipinski definition) is 4. The molecular weight excluding hydrogens is 334 g/mol. The minimum Gasteiger partial charge on any atom is -0.490 e. The summed E-state index contributed by atoms with van der Waals surface area (Å²) in [7, 11) is 0. The van der Waals surface area contributed by atoms with Crippen LogP contribution in [0.15, 0.2) is 12.1 Å². The maximum absolute atomic E-state index is 11.9. The van der Waals surface area contributed by atoms with Crippen LogP contribution < -0.4 is 9.47 Å². The van der Waals surface area contributed by atoms with E-state index < -0.39 is 11.9 Å². The van der Waals surface area contributed by atoms with Crippen molar-refractivity contribution in [2.24, 2.45) is 5.92 Å². The third kappa shape index (κ3) is 4.32. The van der Waals surface area contributed by atoms with E-state index >= 15 is 0 Å². The zero-order valence-corrected chi connectivity index (χ0v) is 14.6. The molecule has 132 valence electrons. The first-order chi connectivity index (χ1) is 11.5. The average Bonchev–Trinajstić information content (AvgIpc) is 2.90. The van der Waals surface area contributed by atoms with Crippen molar-refractivity contribution in [3.05, 3.63) is 22.7 Å². The highest BCUT2D eigenvalue weighted by molar-refractivity contribution is 6.32. The molecule has 1 aromatic rings. The fourth-order valence-corrected chi connectivity index (χ4v) is 3.02. The molecule has 0 aromatic heterocycles. The Hall–Kier alpha value is -1.95. The van der Waals surface area contributed by atoms with Crippen LogP contribution in [0.1, 0.15) is 25.8 Å². The van der Waals surface area contributed by atoms with Gasteiger partial charge in [0.25, 0.3) is 0 Å². The lowest BCUT2D eigenvalue weighted by Crippen LogP contribution is -2.28. The molecule has 0 saturated carbocycles. The molecule has 0 spiro atoms. The molecule has 1 aliphatic heterocycles. The van der Waals surface area contributed by atoms with E-state index in [0.717, 1.165) is 5.56 Å². The van der Waals surface area contributed by atoms with Gasteiger partial charge in [-0.1, -0.05) is 11.6 Å². The van der Waals surface area contributed by atoms with Crippen molar-refractivity contribution in [3.8, 4) is 11.5 Å². The van der Waals surface area contributed by atoms with E-state index in [1.54, 1.807) is 11.0 Å². The first kappa shape index (κ1) is 18.4. The monoisotopic (exact) mass is 355 g/mol. The van der Waals surface area contributed by atoms with Crippen LogP contribution in [0, 0.1) is 5.92 Å². The smallest absolute Gasteiger partial charge is 0.308 e. The SMILES string of the molecule is CCOc1cc(CCN2CC(C(=O)O)CC2=O)cc(Cl)c1OCC. The Morgan fingerprint density at radius 3 is 2.62 bits per heavy atom. The van der Waals surface area contributed by atoms with Crippen molar-refractivity contribution in [3.63, 3.8) is 0 Å². The zero-order chi connectivity index (χ0) is 17.7. The second-order valence-corrected chi connectivity index (χ2v) is 6.01. The summed E-state index contributed by atoms with van der Waals surface area (Å²) < 4.78 is 11.1. The van der Waals surface area contributed by atoms with Gasteiger partial charge in [-0.2, -0.15) is 0 Å². The average molecular weight is 356 g/mol. The van der Waals surface area contributed by atoms with Crippen molar-refractivity contribution in [1.29, 1.82) is 0 Å². The molecule has 1 atom stereocenters. The number of carboxylic acids is 1. The van der Waals surface area contributed by atoms with Gasteiger partial charge in [-0.25, -0.2) is 0 Å². The molecule has 0 aliphatic carbocycles. The van der Waals surface area contributed by atoms with Gasteiger partial charge >= 0.3 is 5.97 Å². The first-order valence-corrected chi connectivity index (χ1v) is 8.42. The highest BCUT2D eigenvalue weighted by Crippen LogP contribution is 2.37. The molecule has 0 bridgehead atoms. The Morgan fingerprint density at radius 1 is 1.33 bits per heavy atom. The van der Waals surface area contributed by atoms with Gasteiger partial charge in [-0.05, 0) is 38.0 Å². The molecule has 7 heteroatoms. The summed E-state index contributed by atoms with van der Waals surface area (Å²) in [5.41, 5.74) is 0.915. The first-order valence-electron chi connectivity index (χ1n) is 8.04. The van der Waals surface area contributed by atoms with Crippen molar-refractivity contribution >= 4 is 23.5 Å². The number of ether oxygens (including phenoxy) is 2. The third-order valence-corrected chi connectivity index (χ3v) is 4.17. The van der Waals surface area contributed by atoms with E-state index in [0.29, 0.717) is 42.7 Å². The number of likely N-dealkylation sites (tertiary alicyclic amines) is 1. The highest BCUT2D eigenvalue weighted by Gasteiger charge is 2.33. The van der Waals surface area contributed by atoms with Gasteiger partial charge in [-0.15, -0.1) is 0 Å². The number of carboxylic acid groups (broad SMARTS) is 1. The number of hydrogen-bond donors (Lipinski definition) is 1. The van der Waals surface area contributed by atoms with Gasteiger partial charge < -0.3 is 19.5 Å². The fourth-order valence-electron chi connectivity index (χ4n) is 2.73. The van der Waals surface area contributed by atoms with Gasteiger partial charge in [0, 0.05) is 19.5 Å². The molecule has 1 aromatic carbocycles. The molecular formula is C17H22ClNO5. The standard InChI is InChI=1S/C17H22ClNO5/c1-3-23-14-8-11(7-13(18)16(14)24-4-2)5-6-19-10-12(17(21)22)9-15(19)20/h7-8,12H,3-6,9-10H2,1-2H3,(H,21,22). The van der Waals surface area contributed by atoms with Crippen molar-refractivity contribution in [2.45, 2.75) is 26.7 Å². The summed E-state index contributed by atoms with van der Waals surface area (Å²) in [5, 5.41) is 9.49. The molecule has 1 aliphatic rings. The van der Waals surface area contributed by atoms with E-state index in [-0.39, 0.29) is 18.9 Å². The lowest BCUT2D eigenvalue weighted by molar-refractivity contribution is -0.141. The molecule has 1 unspecified atom stereocenters. The third-order valence-electron chi connectivity index (χ3n) is 3.89. The van der Waals surface area contributed by atoms with E-state index in [4.69, 9.17) is 26.2 Å². The van der Waals surface area contributed by atoms with E-state index in [1.165, 1.54) is 0 Å². The quantitative estimate of drug-likeness (QED) is 0.775. The molecule has 1 heterocycles. The van der Waals surface area contributed by atoms with Crippen LogP contribution >= 0.6 is 11.6 Å². The molecule has 1 saturated heterocycles. The summed E-state index contributed by atoms with van der Waals surface area (Å²) in [6, 6.07) is 3.65. The summed E-state index contributed by atoms with van der Waals surface area (Å²) >= 11 is 6.27. The number of carbonyl (C=O) groups excluding carboxylic acids is 1. The van der Waals surface area contributed by atoms with E-state index in [1.807, 2.05) is 19.9 Å². The Balaban J connectivity index is 2.07. The molecule has 1 amide bonds. The Kier molecular flexibility index (Phi) is 6.31. The highest BCUT2D eigenvalue weighted by atomic mass is 35.5. The summed E-state index contributed by atoms with van der Waals surface area (Å²) in [6.45, 7) is 5.45. The van der Waals surface area contributed by atoms with Gasteiger partial charge in [0.2, 0.25) is 5.91 Å². The number of nitrogens with zero attached hydrogens (tertiary/aromatic N) is 1. The normalized spacial score (nSPS) is 17.2. The summed E-state index contributed by atoms with van der Waals surface area (Å²) in [5.74, 6) is -0.551. The number of aliphatic carboxylic acids is 1. The maximum atomic E-state index is 11.9. The molecule has 2 rings (SSSR count). The van der Waals surface area contributed by atoms with Crippen LogP contribution in [0.25, 0.3) is 0 Å². The van der Waals surface area contributed by atoms with Crippen LogP contribution in [0.3, 0.4) is 0 Å².